The number of rotatable bonds is 7. The quantitative estimate of drug-likeness (QED) is 0.735. The van der Waals surface area contributed by atoms with Crippen LogP contribution in [-0.2, 0) is 6.42 Å². The van der Waals surface area contributed by atoms with Crippen LogP contribution in [0, 0.1) is 0 Å². The van der Waals surface area contributed by atoms with Gasteiger partial charge in [0.05, 0.1) is 12.2 Å². The van der Waals surface area contributed by atoms with Crippen molar-refractivity contribution in [2.45, 2.75) is 44.3 Å². The third kappa shape index (κ3) is 4.58. The summed E-state index contributed by atoms with van der Waals surface area (Å²) in [5.74, 6) is 0.329. The molecule has 2 rings (SSSR count). The second-order valence-corrected chi connectivity index (χ2v) is 5.76. The predicted octanol–water partition coefficient (Wildman–Crippen LogP) is 3.24. The summed E-state index contributed by atoms with van der Waals surface area (Å²) in [5, 5.41) is 29.5. The van der Waals surface area contributed by atoms with Crippen molar-refractivity contribution in [2.75, 3.05) is 0 Å². The molecule has 3 N–H and O–H groups in total. The van der Waals surface area contributed by atoms with E-state index in [2.05, 4.69) is 12.1 Å². The molecule has 0 saturated heterocycles. The normalized spacial score (nSPS) is 15.2. The van der Waals surface area contributed by atoms with E-state index in [9.17, 15) is 15.3 Å². The van der Waals surface area contributed by atoms with Gasteiger partial charge in [0.2, 0.25) is 0 Å². The lowest BCUT2D eigenvalue weighted by atomic mass is 9.86. The number of aliphatic hydroxyl groups is 2. The van der Waals surface area contributed by atoms with Crippen LogP contribution in [0.15, 0.2) is 54.6 Å². The summed E-state index contributed by atoms with van der Waals surface area (Å²) in [6.45, 7) is 1.86. The van der Waals surface area contributed by atoms with E-state index in [1.54, 1.807) is 12.1 Å². The number of benzene rings is 2. The van der Waals surface area contributed by atoms with E-state index in [4.69, 9.17) is 0 Å². The Morgan fingerprint density at radius 2 is 1.50 bits per heavy atom. The van der Waals surface area contributed by atoms with Gasteiger partial charge in [-0.15, -0.1) is 0 Å². The minimum Gasteiger partial charge on any atom is -0.508 e. The van der Waals surface area contributed by atoms with Crippen molar-refractivity contribution >= 4 is 0 Å². The second kappa shape index (κ2) is 7.97. The number of aromatic hydroxyl groups is 1. The first-order valence-corrected chi connectivity index (χ1v) is 7.79. The summed E-state index contributed by atoms with van der Waals surface area (Å²) < 4.78 is 0. The number of hydrogen-bond acceptors (Lipinski definition) is 3. The van der Waals surface area contributed by atoms with E-state index >= 15 is 0 Å². The third-order valence-corrected chi connectivity index (χ3v) is 4.08. The first-order valence-electron chi connectivity index (χ1n) is 7.79. The van der Waals surface area contributed by atoms with Crippen LogP contribution in [0.3, 0.4) is 0 Å². The molecule has 2 aromatic rings. The highest BCUT2D eigenvalue weighted by Crippen LogP contribution is 2.28. The second-order valence-electron chi connectivity index (χ2n) is 5.76. The molecule has 0 saturated carbocycles. The first kappa shape index (κ1) is 16.5. The highest BCUT2D eigenvalue weighted by Gasteiger charge is 2.21. The van der Waals surface area contributed by atoms with Crippen LogP contribution in [0.2, 0.25) is 0 Å². The maximum Gasteiger partial charge on any atom is 0.115 e. The Bertz CT molecular complexity index is 551. The number of aliphatic hydroxyl groups excluding tert-OH is 2. The van der Waals surface area contributed by atoms with Crippen molar-refractivity contribution < 1.29 is 15.3 Å². The predicted molar refractivity (Wildman–Crippen MR) is 87.9 cm³/mol. The van der Waals surface area contributed by atoms with Crippen LogP contribution < -0.4 is 0 Å². The van der Waals surface area contributed by atoms with E-state index in [0.717, 1.165) is 12.0 Å². The maximum absolute atomic E-state index is 10.2. The van der Waals surface area contributed by atoms with Crippen molar-refractivity contribution in [2.24, 2.45) is 0 Å². The molecule has 0 aliphatic heterocycles. The molecule has 118 valence electrons. The molecule has 2 aromatic carbocycles. The molecule has 0 fully saturated rings. The molecule has 3 nitrogen and oxygen atoms in total. The SMILES string of the molecule is CCC(O)C(O)CC(Cc1ccccc1)c1ccc(O)cc1. The van der Waals surface area contributed by atoms with Gasteiger partial charge >= 0.3 is 0 Å². The van der Waals surface area contributed by atoms with Crippen LogP contribution in [-0.4, -0.2) is 27.5 Å². The molecular formula is C19H24O3. The Morgan fingerprint density at radius 1 is 0.864 bits per heavy atom. The summed E-state index contributed by atoms with van der Waals surface area (Å²) >= 11 is 0. The van der Waals surface area contributed by atoms with Crippen molar-refractivity contribution in [1.82, 2.24) is 0 Å². The molecule has 0 bridgehead atoms. The van der Waals surface area contributed by atoms with Crippen molar-refractivity contribution in [1.29, 1.82) is 0 Å². The van der Waals surface area contributed by atoms with Gasteiger partial charge in [-0.3, -0.25) is 0 Å². The van der Waals surface area contributed by atoms with Crippen LogP contribution in [0.4, 0.5) is 0 Å². The Morgan fingerprint density at radius 3 is 2.09 bits per heavy atom. The van der Waals surface area contributed by atoms with E-state index < -0.39 is 12.2 Å². The summed E-state index contributed by atoms with van der Waals surface area (Å²) in [6, 6.07) is 17.2. The minimum atomic E-state index is -0.743. The van der Waals surface area contributed by atoms with Crippen LogP contribution in [0.1, 0.15) is 36.8 Å². The highest BCUT2D eigenvalue weighted by atomic mass is 16.3. The van der Waals surface area contributed by atoms with E-state index in [0.29, 0.717) is 12.8 Å². The topological polar surface area (TPSA) is 60.7 Å². The monoisotopic (exact) mass is 300 g/mol. The molecule has 0 radical (unpaired) electrons. The minimum absolute atomic E-state index is 0.0965. The van der Waals surface area contributed by atoms with Crippen LogP contribution in [0.5, 0.6) is 5.75 Å². The van der Waals surface area contributed by atoms with Gasteiger partial charge < -0.3 is 15.3 Å². The molecule has 3 heteroatoms. The molecule has 0 aliphatic rings. The zero-order valence-electron chi connectivity index (χ0n) is 12.9. The summed E-state index contributed by atoms with van der Waals surface area (Å²) in [6.07, 6.45) is 0.380. The van der Waals surface area contributed by atoms with E-state index in [-0.39, 0.29) is 11.7 Å². The zero-order valence-corrected chi connectivity index (χ0v) is 12.9. The Labute approximate surface area is 131 Å². The fraction of sp³-hybridized carbons (Fsp3) is 0.368. The lowest BCUT2D eigenvalue weighted by Gasteiger charge is -2.24. The molecule has 0 aromatic heterocycles. The largest absolute Gasteiger partial charge is 0.508 e. The van der Waals surface area contributed by atoms with Gasteiger partial charge in [-0.1, -0.05) is 49.4 Å². The highest BCUT2D eigenvalue weighted by molar-refractivity contribution is 5.30. The lowest BCUT2D eigenvalue weighted by molar-refractivity contribution is 0.00862. The number of phenolic OH excluding ortho intramolecular Hbond substituents is 1. The Hall–Kier alpha value is -1.84. The third-order valence-electron chi connectivity index (χ3n) is 4.08. The van der Waals surface area contributed by atoms with Gasteiger partial charge in [-0.2, -0.15) is 0 Å². The summed E-state index contributed by atoms with van der Waals surface area (Å²) in [5.41, 5.74) is 2.25. The maximum atomic E-state index is 10.2. The summed E-state index contributed by atoms with van der Waals surface area (Å²) in [7, 11) is 0. The van der Waals surface area contributed by atoms with Crippen molar-refractivity contribution in [3.8, 4) is 5.75 Å². The van der Waals surface area contributed by atoms with Crippen molar-refractivity contribution in [3.05, 3.63) is 65.7 Å². The molecule has 0 amide bonds. The first-order chi connectivity index (χ1) is 10.6. The van der Waals surface area contributed by atoms with E-state index in [1.165, 1.54) is 5.56 Å². The molecule has 0 aliphatic carbocycles. The Kier molecular flexibility index (Phi) is 5.99. The number of hydrogen-bond donors (Lipinski definition) is 3. The van der Waals surface area contributed by atoms with Gasteiger partial charge in [0.1, 0.15) is 5.75 Å². The van der Waals surface area contributed by atoms with Gasteiger partial charge in [0.15, 0.2) is 0 Å². The lowest BCUT2D eigenvalue weighted by Crippen LogP contribution is -2.27. The molecule has 0 heterocycles. The van der Waals surface area contributed by atoms with Crippen molar-refractivity contribution in [3.63, 3.8) is 0 Å². The summed E-state index contributed by atoms with van der Waals surface area (Å²) in [4.78, 5) is 0. The molecule has 0 spiro atoms. The van der Waals surface area contributed by atoms with Gasteiger partial charge in [-0.25, -0.2) is 0 Å². The van der Waals surface area contributed by atoms with Gasteiger partial charge in [0, 0.05) is 0 Å². The van der Waals surface area contributed by atoms with Crippen LogP contribution >= 0.6 is 0 Å². The van der Waals surface area contributed by atoms with Crippen LogP contribution in [0.25, 0.3) is 0 Å². The average Bonchev–Trinajstić information content (AvgIpc) is 2.55. The van der Waals surface area contributed by atoms with Gasteiger partial charge in [-0.05, 0) is 48.4 Å². The zero-order chi connectivity index (χ0) is 15.9. The fourth-order valence-corrected chi connectivity index (χ4v) is 2.70. The molecule has 3 unspecified atom stereocenters. The standard InChI is InChI=1S/C19H24O3/c1-2-18(21)19(22)13-16(12-14-6-4-3-5-7-14)15-8-10-17(20)11-9-15/h3-11,16,18-22H,2,12-13H2,1H3. The molecule has 22 heavy (non-hydrogen) atoms. The fourth-order valence-electron chi connectivity index (χ4n) is 2.70. The molecule has 3 atom stereocenters. The average molecular weight is 300 g/mol. The Balaban J connectivity index is 2.18. The van der Waals surface area contributed by atoms with E-state index in [1.807, 2.05) is 37.3 Å². The smallest absolute Gasteiger partial charge is 0.115 e. The molecular weight excluding hydrogens is 276 g/mol. The number of phenols is 1. The van der Waals surface area contributed by atoms with Gasteiger partial charge in [0.25, 0.3) is 0 Å².